The van der Waals surface area contributed by atoms with Crippen LogP contribution in [0.15, 0.2) is 35.4 Å². The van der Waals surface area contributed by atoms with E-state index < -0.39 is 10.5 Å². The van der Waals surface area contributed by atoms with Crippen LogP contribution in [-0.2, 0) is 13.0 Å². The van der Waals surface area contributed by atoms with Crippen molar-refractivity contribution < 1.29 is 9.72 Å². The number of benzene rings is 1. The van der Waals surface area contributed by atoms with Gasteiger partial charge < -0.3 is 5.73 Å². The van der Waals surface area contributed by atoms with E-state index in [1.54, 1.807) is 26.0 Å². The number of nitro groups is 1. The van der Waals surface area contributed by atoms with Crippen molar-refractivity contribution in [1.82, 2.24) is 19.1 Å². The summed E-state index contributed by atoms with van der Waals surface area (Å²) in [7, 11) is 0. The second-order valence-electron chi connectivity index (χ2n) is 6.38. The highest BCUT2D eigenvalue weighted by Crippen LogP contribution is 2.14. The maximum atomic E-state index is 12.9. The summed E-state index contributed by atoms with van der Waals surface area (Å²) < 4.78 is 2.48. The second kappa shape index (κ2) is 6.98. The quantitative estimate of drug-likeness (QED) is 0.532. The third-order valence-electron chi connectivity index (χ3n) is 4.20. The minimum Gasteiger partial charge on any atom is -0.369 e. The first-order valence-corrected chi connectivity index (χ1v) is 8.30. The fraction of sp³-hybridized carbons (Fsp3) is 0.294. The van der Waals surface area contributed by atoms with Gasteiger partial charge in [-0.2, -0.15) is 4.98 Å². The normalized spacial score (nSPS) is 11.2. The third kappa shape index (κ3) is 3.41. The highest BCUT2D eigenvalue weighted by molar-refractivity contribution is 5.89. The maximum Gasteiger partial charge on any atom is 0.281 e. The van der Waals surface area contributed by atoms with Crippen LogP contribution >= 0.6 is 0 Å². The van der Waals surface area contributed by atoms with Crippen LogP contribution in [-0.4, -0.2) is 29.9 Å². The molecule has 0 radical (unpaired) electrons. The smallest absolute Gasteiger partial charge is 0.281 e. The molecule has 10 heteroatoms. The average molecular weight is 370 g/mol. The van der Waals surface area contributed by atoms with Crippen molar-refractivity contribution in [3.05, 3.63) is 56.6 Å². The lowest BCUT2D eigenvalue weighted by Gasteiger charge is -2.10. The lowest BCUT2D eigenvalue weighted by molar-refractivity contribution is -0.384. The van der Waals surface area contributed by atoms with Gasteiger partial charge in [0.05, 0.1) is 4.92 Å². The molecular weight excluding hydrogens is 352 g/mol. The summed E-state index contributed by atoms with van der Waals surface area (Å²) in [5.41, 5.74) is 6.45. The molecule has 27 heavy (non-hydrogen) atoms. The summed E-state index contributed by atoms with van der Waals surface area (Å²) in [4.78, 5) is 43.5. The maximum absolute atomic E-state index is 12.9. The number of carbonyl (C=O) groups is 1. The standard InChI is InChI=1S/C17H18N6O4/c1-10(2)15(24)22-9-19-14-13(22)16(25)21(17(18)20-14)8-7-11-3-5-12(6-4-11)23(26)27/h3-6,9-10H,7-8H2,1-2H3,(H2,18,20). The Bertz CT molecular complexity index is 1080. The number of anilines is 1. The third-order valence-corrected chi connectivity index (χ3v) is 4.20. The van der Waals surface area contributed by atoms with Crippen LogP contribution in [0.3, 0.4) is 0 Å². The number of non-ortho nitro benzene ring substituents is 1. The molecular formula is C17H18N6O4. The number of fused-ring (bicyclic) bond motifs is 1. The van der Waals surface area contributed by atoms with Crippen LogP contribution in [0.2, 0.25) is 0 Å². The largest absolute Gasteiger partial charge is 0.369 e. The molecule has 0 amide bonds. The van der Waals surface area contributed by atoms with E-state index in [-0.39, 0.29) is 41.2 Å². The zero-order valence-corrected chi connectivity index (χ0v) is 14.8. The van der Waals surface area contributed by atoms with E-state index in [4.69, 9.17) is 5.73 Å². The van der Waals surface area contributed by atoms with Gasteiger partial charge in [-0.05, 0) is 12.0 Å². The fourth-order valence-corrected chi connectivity index (χ4v) is 2.71. The molecule has 0 aliphatic carbocycles. The zero-order valence-electron chi connectivity index (χ0n) is 14.8. The molecule has 0 aliphatic heterocycles. The molecule has 0 spiro atoms. The van der Waals surface area contributed by atoms with Gasteiger partial charge >= 0.3 is 0 Å². The highest BCUT2D eigenvalue weighted by Gasteiger charge is 2.19. The molecule has 140 valence electrons. The van der Waals surface area contributed by atoms with E-state index in [0.717, 1.165) is 5.56 Å². The molecule has 0 bridgehead atoms. The summed E-state index contributed by atoms with van der Waals surface area (Å²) in [5.74, 6) is -0.576. The number of nitrogens with two attached hydrogens (primary N) is 1. The Morgan fingerprint density at radius 1 is 1.30 bits per heavy atom. The van der Waals surface area contributed by atoms with Gasteiger partial charge in [0.1, 0.15) is 6.33 Å². The van der Waals surface area contributed by atoms with Gasteiger partial charge in [-0.25, -0.2) is 4.98 Å². The topological polar surface area (TPSA) is 139 Å². The molecule has 10 nitrogen and oxygen atoms in total. The lowest BCUT2D eigenvalue weighted by Crippen LogP contribution is -2.28. The molecule has 2 heterocycles. The molecule has 1 aromatic carbocycles. The molecule has 0 unspecified atom stereocenters. The number of hydrogen-bond donors (Lipinski definition) is 1. The summed E-state index contributed by atoms with van der Waals surface area (Å²) in [6.45, 7) is 3.67. The monoisotopic (exact) mass is 370 g/mol. The summed E-state index contributed by atoms with van der Waals surface area (Å²) >= 11 is 0. The molecule has 3 rings (SSSR count). The molecule has 0 saturated heterocycles. The Hall–Kier alpha value is -3.56. The van der Waals surface area contributed by atoms with Crippen molar-refractivity contribution in [3.63, 3.8) is 0 Å². The van der Waals surface area contributed by atoms with E-state index in [1.165, 1.54) is 27.6 Å². The minimum atomic E-state index is -0.475. The Balaban J connectivity index is 1.94. The Kier molecular flexibility index (Phi) is 4.72. The first-order valence-electron chi connectivity index (χ1n) is 8.30. The van der Waals surface area contributed by atoms with Gasteiger partial charge in [-0.3, -0.25) is 28.8 Å². The van der Waals surface area contributed by atoms with Crippen molar-refractivity contribution >= 4 is 28.7 Å². The number of nitrogens with zero attached hydrogens (tertiary/aromatic N) is 5. The number of imidazole rings is 1. The minimum absolute atomic E-state index is 0.00309. The first kappa shape index (κ1) is 18.2. The van der Waals surface area contributed by atoms with Crippen molar-refractivity contribution in [1.29, 1.82) is 0 Å². The summed E-state index contributed by atoms with van der Waals surface area (Å²) in [6, 6.07) is 6.05. The lowest BCUT2D eigenvalue weighted by atomic mass is 10.1. The number of nitrogen functional groups attached to an aromatic ring is 1. The Morgan fingerprint density at radius 3 is 2.56 bits per heavy atom. The van der Waals surface area contributed by atoms with Crippen molar-refractivity contribution in [2.45, 2.75) is 26.8 Å². The van der Waals surface area contributed by atoms with Crippen LogP contribution in [0.5, 0.6) is 0 Å². The van der Waals surface area contributed by atoms with E-state index in [0.29, 0.717) is 6.42 Å². The number of aryl methyl sites for hydroxylation is 1. The molecule has 0 saturated carbocycles. The van der Waals surface area contributed by atoms with E-state index in [2.05, 4.69) is 9.97 Å². The SMILES string of the molecule is CC(C)C(=O)n1cnc2nc(N)n(CCc3ccc([N+](=O)[O-])cc3)c(=O)c21. The van der Waals surface area contributed by atoms with E-state index in [1.807, 2.05) is 0 Å². The first-order chi connectivity index (χ1) is 12.8. The van der Waals surface area contributed by atoms with Crippen LogP contribution in [0.1, 0.15) is 24.2 Å². The van der Waals surface area contributed by atoms with Crippen LogP contribution in [0.4, 0.5) is 11.6 Å². The Morgan fingerprint density at radius 2 is 1.96 bits per heavy atom. The molecule has 0 aliphatic rings. The fourth-order valence-electron chi connectivity index (χ4n) is 2.71. The molecule has 0 atom stereocenters. The van der Waals surface area contributed by atoms with Gasteiger partial charge in [0, 0.05) is 24.6 Å². The predicted octanol–water partition coefficient (Wildman–Crippen LogP) is 1.62. The van der Waals surface area contributed by atoms with Crippen LogP contribution in [0.25, 0.3) is 11.2 Å². The van der Waals surface area contributed by atoms with Gasteiger partial charge in [0.15, 0.2) is 11.2 Å². The average Bonchev–Trinajstić information content (AvgIpc) is 3.04. The van der Waals surface area contributed by atoms with Crippen molar-refractivity contribution in [3.8, 4) is 0 Å². The van der Waals surface area contributed by atoms with Gasteiger partial charge in [0.2, 0.25) is 11.9 Å². The summed E-state index contributed by atoms with van der Waals surface area (Å²) in [5, 5.41) is 10.7. The number of hydrogen-bond acceptors (Lipinski definition) is 7. The van der Waals surface area contributed by atoms with E-state index >= 15 is 0 Å². The second-order valence-corrected chi connectivity index (χ2v) is 6.38. The van der Waals surface area contributed by atoms with Crippen molar-refractivity contribution in [2.75, 3.05) is 5.73 Å². The molecule has 0 fully saturated rings. The van der Waals surface area contributed by atoms with Gasteiger partial charge in [-0.1, -0.05) is 26.0 Å². The van der Waals surface area contributed by atoms with Crippen LogP contribution in [0, 0.1) is 16.0 Å². The zero-order chi connectivity index (χ0) is 19.7. The number of rotatable bonds is 5. The number of aromatic nitrogens is 4. The number of carbonyl (C=O) groups excluding carboxylic acids is 1. The van der Waals surface area contributed by atoms with Gasteiger partial charge in [0.25, 0.3) is 11.2 Å². The molecule has 3 aromatic rings. The number of nitro benzene ring substituents is 1. The Labute approximate surface area is 153 Å². The predicted molar refractivity (Wildman–Crippen MR) is 98.5 cm³/mol. The van der Waals surface area contributed by atoms with Gasteiger partial charge in [-0.15, -0.1) is 0 Å². The molecule has 2 N–H and O–H groups in total. The van der Waals surface area contributed by atoms with Crippen molar-refractivity contribution in [2.24, 2.45) is 5.92 Å². The highest BCUT2D eigenvalue weighted by atomic mass is 16.6. The molecule has 2 aromatic heterocycles. The summed E-state index contributed by atoms with van der Waals surface area (Å²) in [6.07, 6.45) is 1.70. The van der Waals surface area contributed by atoms with Crippen LogP contribution < -0.4 is 11.3 Å². The van der Waals surface area contributed by atoms with E-state index in [9.17, 15) is 19.7 Å².